The summed E-state index contributed by atoms with van der Waals surface area (Å²) in [5.74, 6) is -0.979. The van der Waals surface area contributed by atoms with Crippen molar-refractivity contribution >= 4 is 16.9 Å². The van der Waals surface area contributed by atoms with Crippen molar-refractivity contribution in [1.82, 2.24) is 19.8 Å². The van der Waals surface area contributed by atoms with Gasteiger partial charge in [0.2, 0.25) is 5.91 Å². The molecule has 6 nitrogen and oxygen atoms in total. The van der Waals surface area contributed by atoms with Crippen LogP contribution in [0.5, 0.6) is 0 Å². The quantitative estimate of drug-likeness (QED) is 0.599. The lowest BCUT2D eigenvalue weighted by Crippen LogP contribution is -2.36. The maximum Gasteiger partial charge on any atom is 0.249 e. The van der Waals surface area contributed by atoms with E-state index in [1.807, 2.05) is 17.9 Å². The second-order valence-corrected chi connectivity index (χ2v) is 8.94. The molecular formula is C24H26F2N4O2. The average Bonchev–Trinajstić information content (AvgIpc) is 3.41. The second kappa shape index (κ2) is 8.58. The number of amides is 1. The zero-order chi connectivity index (χ0) is 22.2. The zero-order valence-electron chi connectivity index (χ0n) is 18.0. The molecule has 32 heavy (non-hydrogen) atoms. The summed E-state index contributed by atoms with van der Waals surface area (Å²) in [6.45, 7) is 0.368. The number of hydrogen-bond donors (Lipinski definition) is 0. The fourth-order valence-electron chi connectivity index (χ4n) is 5.06. The summed E-state index contributed by atoms with van der Waals surface area (Å²) in [6, 6.07) is 5.11. The summed E-state index contributed by atoms with van der Waals surface area (Å²) in [7, 11) is 1.91. The van der Waals surface area contributed by atoms with Crippen LogP contribution >= 0.6 is 0 Å². The minimum Gasteiger partial charge on any atom is -0.272 e. The number of aromatic nitrogens is 3. The minimum atomic E-state index is -0.640. The Morgan fingerprint density at radius 1 is 1.06 bits per heavy atom. The number of nitrogens with zero attached hydrogens (tertiary/aromatic N) is 4. The molecule has 8 heteroatoms. The molecule has 5 rings (SSSR count). The van der Waals surface area contributed by atoms with Crippen LogP contribution in [-0.4, -0.2) is 32.3 Å². The Kier molecular flexibility index (Phi) is 5.63. The topological polar surface area (TPSA) is 60.2 Å². The highest BCUT2D eigenvalue weighted by molar-refractivity contribution is 5.78. The molecule has 0 bridgehead atoms. The van der Waals surface area contributed by atoms with Gasteiger partial charge >= 0.3 is 0 Å². The second-order valence-electron chi connectivity index (χ2n) is 8.94. The molecule has 3 aromatic rings. The normalized spacial score (nSPS) is 23.7. The molecule has 3 heterocycles. The minimum absolute atomic E-state index is 0.0754. The first-order chi connectivity index (χ1) is 15.5. The SMILES string of the molecule is Cn1ncc2ncc(C[C@H]3CC[C@H](C(=O)N4OCC[C@H]4c4cc(F)cc(F)c4)CC3)cc21. The highest BCUT2D eigenvalue weighted by atomic mass is 19.1. The molecule has 1 saturated carbocycles. The fraction of sp³-hybridized carbons (Fsp3) is 0.458. The van der Waals surface area contributed by atoms with Crippen LogP contribution in [0.4, 0.5) is 8.78 Å². The molecule has 0 unspecified atom stereocenters. The van der Waals surface area contributed by atoms with Crippen LogP contribution in [0.25, 0.3) is 11.0 Å². The Balaban J connectivity index is 1.21. The number of benzene rings is 1. The summed E-state index contributed by atoms with van der Waals surface area (Å²) in [5.41, 5.74) is 3.55. The van der Waals surface area contributed by atoms with Crippen molar-refractivity contribution in [2.75, 3.05) is 6.61 Å². The van der Waals surface area contributed by atoms with Crippen molar-refractivity contribution in [1.29, 1.82) is 0 Å². The van der Waals surface area contributed by atoms with Crippen LogP contribution in [0.1, 0.15) is 49.3 Å². The van der Waals surface area contributed by atoms with Gasteiger partial charge in [-0.05, 0) is 67.3 Å². The maximum absolute atomic E-state index is 13.7. The van der Waals surface area contributed by atoms with Gasteiger partial charge in [0.15, 0.2) is 0 Å². The van der Waals surface area contributed by atoms with Crippen LogP contribution in [0.3, 0.4) is 0 Å². The Morgan fingerprint density at radius 2 is 1.81 bits per heavy atom. The van der Waals surface area contributed by atoms with E-state index < -0.39 is 17.7 Å². The first-order valence-corrected chi connectivity index (χ1v) is 11.2. The van der Waals surface area contributed by atoms with Crippen LogP contribution in [0.2, 0.25) is 0 Å². The van der Waals surface area contributed by atoms with Crippen LogP contribution in [-0.2, 0) is 23.1 Å². The predicted octanol–water partition coefficient (Wildman–Crippen LogP) is 4.50. The third-order valence-corrected chi connectivity index (χ3v) is 6.77. The van der Waals surface area contributed by atoms with Gasteiger partial charge in [-0.15, -0.1) is 0 Å². The summed E-state index contributed by atoms with van der Waals surface area (Å²) >= 11 is 0. The number of carbonyl (C=O) groups excluding carboxylic acids is 1. The van der Waals surface area contributed by atoms with Gasteiger partial charge in [-0.1, -0.05) is 0 Å². The Labute approximate surface area is 185 Å². The van der Waals surface area contributed by atoms with Gasteiger partial charge < -0.3 is 0 Å². The Bertz CT molecular complexity index is 1120. The van der Waals surface area contributed by atoms with E-state index in [9.17, 15) is 13.6 Å². The van der Waals surface area contributed by atoms with Crippen molar-refractivity contribution < 1.29 is 18.4 Å². The van der Waals surface area contributed by atoms with E-state index in [1.165, 1.54) is 22.8 Å². The van der Waals surface area contributed by atoms with Crippen molar-refractivity contribution in [3.8, 4) is 0 Å². The molecule has 1 aliphatic carbocycles. The number of hydrogen-bond acceptors (Lipinski definition) is 4. The summed E-state index contributed by atoms with van der Waals surface area (Å²) in [6.07, 6.45) is 8.63. The van der Waals surface area contributed by atoms with Crippen molar-refractivity contribution in [2.45, 2.75) is 44.6 Å². The van der Waals surface area contributed by atoms with Crippen molar-refractivity contribution in [3.63, 3.8) is 0 Å². The molecule has 1 saturated heterocycles. The molecule has 0 N–H and O–H groups in total. The molecule has 168 valence electrons. The first kappa shape index (κ1) is 21.0. The molecule has 0 radical (unpaired) electrons. The largest absolute Gasteiger partial charge is 0.272 e. The van der Waals surface area contributed by atoms with Gasteiger partial charge in [0.1, 0.15) is 17.2 Å². The summed E-state index contributed by atoms with van der Waals surface area (Å²) < 4.78 is 29.2. The molecule has 0 spiro atoms. The lowest BCUT2D eigenvalue weighted by atomic mass is 9.79. The molecule has 2 aromatic heterocycles. The zero-order valence-corrected chi connectivity index (χ0v) is 18.0. The number of hydroxylamine groups is 2. The Hall–Kier alpha value is -2.87. The molecule has 1 atom stereocenters. The standard InChI is InChI=1S/C24H26F2N4O2/c1-29-23-9-16(13-27-21(23)14-28-29)8-15-2-4-17(5-3-15)24(31)30-22(6-7-32-30)18-10-19(25)12-20(26)11-18/h9-15,17,22H,2-8H2,1H3/t15-,17-,22-/m0/s1. The van der Waals surface area contributed by atoms with Gasteiger partial charge in [0, 0.05) is 31.6 Å². The van der Waals surface area contributed by atoms with E-state index in [-0.39, 0.29) is 11.8 Å². The maximum atomic E-state index is 13.7. The molecule has 1 amide bonds. The number of aryl methyl sites for hydroxylation is 1. The monoisotopic (exact) mass is 440 g/mol. The third-order valence-electron chi connectivity index (χ3n) is 6.77. The molecule has 2 fully saturated rings. The predicted molar refractivity (Wildman–Crippen MR) is 114 cm³/mol. The lowest BCUT2D eigenvalue weighted by molar-refractivity contribution is -0.183. The van der Waals surface area contributed by atoms with Gasteiger partial charge in [-0.25, -0.2) is 13.8 Å². The van der Waals surface area contributed by atoms with Gasteiger partial charge in [0.25, 0.3) is 0 Å². The van der Waals surface area contributed by atoms with Gasteiger partial charge in [-0.2, -0.15) is 5.10 Å². The van der Waals surface area contributed by atoms with Crippen LogP contribution in [0, 0.1) is 23.5 Å². The Morgan fingerprint density at radius 3 is 2.56 bits per heavy atom. The van der Waals surface area contributed by atoms with Crippen molar-refractivity contribution in [2.24, 2.45) is 18.9 Å². The number of rotatable bonds is 4. The van der Waals surface area contributed by atoms with E-state index in [0.29, 0.717) is 24.5 Å². The van der Waals surface area contributed by atoms with Gasteiger partial charge in [-0.3, -0.25) is 19.3 Å². The number of halogens is 2. The highest BCUT2D eigenvalue weighted by Gasteiger charge is 2.37. The molecular weight excluding hydrogens is 414 g/mol. The molecule has 2 aliphatic rings. The van der Waals surface area contributed by atoms with E-state index in [2.05, 4.69) is 16.1 Å². The first-order valence-electron chi connectivity index (χ1n) is 11.2. The van der Waals surface area contributed by atoms with E-state index >= 15 is 0 Å². The number of carbonyl (C=O) groups is 1. The number of fused-ring (bicyclic) bond motifs is 1. The van der Waals surface area contributed by atoms with E-state index in [1.54, 1.807) is 6.20 Å². The van der Waals surface area contributed by atoms with Crippen LogP contribution in [0.15, 0.2) is 36.7 Å². The lowest BCUT2D eigenvalue weighted by Gasteiger charge is -2.32. The smallest absolute Gasteiger partial charge is 0.249 e. The van der Waals surface area contributed by atoms with Crippen molar-refractivity contribution in [3.05, 3.63) is 59.4 Å². The highest BCUT2D eigenvalue weighted by Crippen LogP contribution is 2.37. The van der Waals surface area contributed by atoms with Gasteiger partial charge in [0.05, 0.1) is 24.4 Å². The third kappa shape index (κ3) is 4.11. The van der Waals surface area contributed by atoms with E-state index in [0.717, 1.165) is 49.2 Å². The summed E-state index contributed by atoms with van der Waals surface area (Å²) in [5, 5.41) is 5.61. The number of pyridine rings is 1. The molecule has 1 aliphatic heterocycles. The fourth-order valence-corrected chi connectivity index (χ4v) is 5.06. The summed E-state index contributed by atoms with van der Waals surface area (Å²) in [4.78, 5) is 23.3. The average molecular weight is 440 g/mol. The van der Waals surface area contributed by atoms with Crippen LogP contribution < -0.4 is 0 Å². The molecule has 1 aromatic carbocycles. The van der Waals surface area contributed by atoms with E-state index in [4.69, 9.17) is 4.84 Å².